The zero-order valence-corrected chi connectivity index (χ0v) is 21.1. The molecule has 1 aliphatic carbocycles. The van der Waals surface area contributed by atoms with Crippen molar-refractivity contribution < 1.29 is 22.6 Å². The fourth-order valence-electron chi connectivity index (χ4n) is 4.98. The number of hydrogen-bond acceptors (Lipinski definition) is 8. The molecular weight excluding hydrogens is 456 g/mol. The fourth-order valence-corrected chi connectivity index (χ4v) is 5.82. The van der Waals surface area contributed by atoms with Gasteiger partial charge in [-0.1, -0.05) is 6.92 Å². The van der Waals surface area contributed by atoms with Crippen molar-refractivity contribution in [2.45, 2.75) is 69.9 Å². The third-order valence-corrected chi connectivity index (χ3v) is 7.40. The summed E-state index contributed by atoms with van der Waals surface area (Å²) in [6.07, 6.45) is 10.8. The number of aromatic nitrogens is 3. The van der Waals surface area contributed by atoms with Gasteiger partial charge in [0.1, 0.15) is 11.9 Å². The summed E-state index contributed by atoms with van der Waals surface area (Å²) in [6.45, 7) is 4.17. The molecule has 2 aliphatic rings. The number of pyridine rings is 1. The van der Waals surface area contributed by atoms with E-state index >= 15 is 0 Å². The predicted molar refractivity (Wildman–Crippen MR) is 130 cm³/mol. The smallest absolute Gasteiger partial charge is 0.224 e. The van der Waals surface area contributed by atoms with E-state index in [2.05, 4.69) is 16.6 Å². The van der Waals surface area contributed by atoms with Crippen molar-refractivity contribution in [3.05, 3.63) is 23.8 Å². The van der Waals surface area contributed by atoms with E-state index in [-0.39, 0.29) is 18.1 Å². The number of nitrogens with one attached hydrogen (secondary N) is 1. The quantitative estimate of drug-likeness (QED) is 0.569. The van der Waals surface area contributed by atoms with Gasteiger partial charge in [0.2, 0.25) is 15.9 Å². The van der Waals surface area contributed by atoms with Crippen LogP contribution in [-0.4, -0.2) is 68.7 Å². The van der Waals surface area contributed by atoms with Crippen LogP contribution >= 0.6 is 0 Å². The Morgan fingerprint density at radius 1 is 1.12 bits per heavy atom. The zero-order valence-electron chi connectivity index (χ0n) is 20.3. The summed E-state index contributed by atoms with van der Waals surface area (Å²) in [6, 6.07) is -0.0123. The lowest BCUT2D eigenvalue weighted by atomic mass is 9.82. The number of rotatable bonds is 9. The van der Waals surface area contributed by atoms with Crippen LogP contribution in [0.2, 0.25) is 0 Å². The summed E-state index contributed by atoms with van der Waals surface area (Å²) in [5.41, 5.74) is 1.99. The average Bonchev–Trinajstić information content (AvgIpc) is 2.80. The van der Waals surface area contributed by atoms with Crippen molar-refractivity contribution in [3.63, 3.8) is 0 Å². The lowest BCUT2D eigenvalue weighted by molar-refractivity contribution is 0.0244. The van der Waals surface area contributed by atoms with Crippen LogP contribution in [-0.2, 0) is 25.9 Å². The minimum atomic E-state index is -3.20. The number of nitrogens with zero attached hydrogens (tertiary/aromatic N) is 3. The molecule has 1 N–H and O–H groups in total. The molecule has 0 spiro atoms. The highest BCUT2D eigenvalue weighted by atomic mass is 32.2. The van der Waals surface area contributed by atoms with Crippen molar-refractivity contribution in [3.8, 4) is 5.88 Å². The first-order valence-electron chi connectivity index (χ1n) is 12.2. The second-order valence-electron chi connectivity index (χ2n) is 9.70. The Kier molecular flexibility index (Phi) is 8.34. The predicted octanol–water partition coefficient (Wildman–Crippen LogP) is 2.98. The van der Waals surface area contributed by atoms with Crippen molar-refractivity contribution in [1.82, 2.24) is 19.7 Å². The first-order chi connectivity index (χ1) is 16.3. The SMILES string of the molecule is COC[C@H](C)Cc1ncc2c(OC3CCOCC3)ncc(C3CCC(NS(C)(=O)=O)CC3)c2n1. The van der Waals surface area contributed by atoms with Gasteiger partial charge in [-0.2, -0.15) is 0 Å². The molecule has 0 aromatic carbocycles. The van der Waals surface area contributed by atoms with Gasteiger partial charge in [-0.05, 0) is 37.5 Å². The highest BCUT2D eigenvalue weighted by molar-refractivity contribution is 7.88. The number of methoxy groups -OCH3 is 1. The van der Waals surface area contributed by atoms with Gasteiger partial charge in [0, 0.05) is 57.0 Å². The summed E-state index contributed by atoms with van der Waals surface area (Å²) >= 11 is 0. The van der Waals surface area contributed by atoms with E-state index in [0.717, 1.165) is 67.2 Å². The maximum absolute atomic E-state index is 11.6. The number of ether oxygens (including phenoxy) is 3. The van der Waals surface area contributed by atoms with Crippen LogP contribution in [0.25, 0.3) is 10.9 Å². The van der Waals surface area contributed by atoms with Crippen LogP contribution in [0.5, 0.6) is 5.88 Å². The monoisotopic (exact) mass is 492 g/mol. The minimum absolute atomic E-state index is 0.0123. The third-order valence-electron chi connectivity index (χ3n) is 6.64. The Hall–Kier alpha value is -1.88. The Bertz CT molecular complexity index is 1070. The van der Waals surface area contributed by atoms with Gasteiger partial charge in [0.25, 0.3) is 0 Å². The van der Waals surface area contributed by atoms with Crippen molar-refractivity contribution in [1.29, 1.82) is 0 Å². The first kappa shape index (κ1) is 25.2. The summed E-state index contributed by atoms with van der Waals surface area (Å²) in [7, 11) is -1.50. The van der Waals surface area contributed by atoms with Crippen molar-refractivity contribution >= 4 is 20.9 Å². The molecule has 3 heterocycles. The molecule has 1 saturated carbocycles. The van der Waals surface area contributed by atoms with Crippen LogP contribution in [0.15, 0.2) is 12.4 Å². The minimum Gasteiger partial charge on any atom is -0.474 e. The normalized spacial score (nSPS) is 23.1. The molecule has 2 fully saturated rings. The molecule has 0 amide bonds. The van der Waals surface area contributed by atoms with Gasteiger partial charge >= 0.3 is 0 Å². The van der Waals surface area contributed by atoms with E-state index in [4.69, 9.17) is 24.2 Å². The lowest BCUT2D eigenvalue weighted by Gasteiger charge is -2.29. The highest BCUT2D eigenvalue weighted by Gasteiger charge is 2.27. The molecule has 1 atom stereocenters. The van der Waals surface area contributed by atoms with Crippen LogP contribution in [0, 0.1) is 5.92 Å². The summed E-state index contributed by atoms with van der Waals surface area (Å²) in [5.74, 6) is 1.94. The van der Waals surface area contributed by atoms with Gasteiger partial charge in [-0.25, -0.2) is 28.1 Å². The Morgan fingerprint density at radius 3 is 2.53 bits per heavy atom. The third kappa shape index (κ3) is 6.62. The molecule has 0 radical (unpaired) electrons. The Morgan fingerprint density at radius 2 is 1.85 bits per heavy atom. The second-order valence-corrected chi connectivity index (χ2v) is 11.5. The molecule has 188 valence electrons. The van der Waals surface area contributed by atoms with E-state index in [1.54, 1.807) is 7.11 Å². The standard InChI is InChI=1S/C24H36N4O5S/c1-16(15-31-2)12-22-25-14-21-23(27-22)20(13-26-24(21)33-19-8-10-32-11-9-19)17-4-6-18(7-5-17)28-34(3,29)30/h13-14,16-19,28H,4-12,15H2,1-3H3/t16-,17?,18?/m1/s1. The van der Waals surface area contributed by atoms with E-state index in [1.807, 2.05) is 12.4 Å². The molecular formula is C24H36N4O5S. The van der Waals surface area contributed by atoms with E-state index in [0.29, 0.717) is 31.6 Å². The summed E-state index contributed by atoms with van der Waals surface area (Å²) in [4.78, 5) is 14.3. The van der Waals surface area contributed by atoms with E-state index in [1.165, 1.54) is 6.26 Å². The maximum atomic E-state index is 11.6. The Balaban J connectivity index is 1.61. The topological polar surface area (TPSA) is 113 Å². The van der Waals surface area contributed by atoms with Crippen LogP contribution in [0.4, 0.5) is 0 Å². The van der Waals surface area contributed by atoms with Gasteiger partial charge in [0.05, 0.1) is 30.4 Å². The number of fused-ring (bicyclic) bond motifs is 1. The lowest BCUT2D eigenvalue weighted by Crippen LogP contribution is -2.36. The first-order valence-corrected chi connectivity index (χ1v) is 14.1. The molecule has 1 saturated heterocycles. The van der Waals surface area contributed by atoms with Gasteiger partial charge < -0.3 is 14.2 Å². The molecule has 9 nitrogen and oxygen atoms in total. The van der Waals surface area contributed by atoms with Gasteiger partial charge in [-0.3, -0.25) is 0 Å². The van der Waals surface area contributed by atoms with Crippen LogP contribution in [0.3, 0.4) is 0 Å². The van der Waals surface area contributed by atoms with E-state index in [9.17, 15) is 8.42 Å². The zero-order chi connectivity index (χ0) is 24.1. The Labute approximate surface area is 202 Å². The molecule has 4 rings (SSSR count). The molecule has 1 aliphatic heterocycles. The number of hydrogen-bond donors (Lipinski definition) is 1. The fraction of sp³-hybridized carbons (Fsp3) is 0.708. The largest absolute Gasteiger partial charge is 0.474 e. The molecule has 0 unspecified atom stereocenters. The van der Waals surface area contributed by atoms with Crippen molar-refractivity contribution in [2.75, 3.05) is 33.2 Å². The molecule has 2 aromatic heterocycles. The molecule has 2 aromatic rings. The average molecular weight is 493 g/mol. The van der Waals surface area contributed by atoms with E-state index < -0.39 is 10.0 Å². The summed E-state index contributed by atoms with van der Waals surface area (Å²) < 4.78 is 43.0. The molecule has 10 heteroatoms. The van der Waals surface area contributed by atoms with Crippen LogP contribution in [0.1, 0.15) is 62.8 Å². The highest BCUT2D eigenvalue weighted by Crippen LogP contribution is 2.38. The second kappa shape index (κ2) is 11.2. The van der Waals surface area contributed by atoms with Gasteiger partial charge in [0.15, 0.2) is 0 Å². The number of sulfonamides is 1. The molecule has 0 bridgehead atoms. The van der Waals surface area contributed by atoms with Crippen molar-refractivity contribution in [2.24, 2.45) is 5.92 Å². The maximum Gasteiger partial charge on any atom is 0.224 e. The summed E-state index contributed by atoms with van der Waals surface area (Å²) in [5, 5.41) is 0.837. The van der Waals surface area contributed by atoms with Gasteiger partial charge in [-0.15, -0.1) is 0 Å². The molecule has 34 heavy (non-hydrogen) atoms. The van der Waals surface area contributed by atoms with Crippen LogP contribution < -0.4 is 9.46 Å².